The Bertz CT molecular complexity index is 1020. The topological polar surface area (TPSA) is 78.9 Å². The molecule has 1 aromatic carbocycles. The van der Waals surface area contributed by atoms with Crippen LogP contribution in [-0.4, -0.2) is 66.1 Å². The molecule has 4 rings (SSSR count). The van der Waals surface area contributed by atoms with Gasteiger partial charge in [0, 0.05) is 57.2 Å². The van der Waals surface area contributed by atoms with Gasteiger partial charge < -0.3 is 19.4 Å². The van der Waals surface area contributed by atoms with E-state index in [4.69, 9.17) is 4.74 Å². The molecule has 2 aliphatic heterocycles. The van der Waals surface area contributed by atoms with Crippen LogP contribution >= 0.6 is 0 Å². The minimum Gasteiger partial charge on any atom is -0.378 e. The molecule has 2 aliphatic rings. The first-order valence-corrected chi connectivity index (χ1v) is 13.8. The highest BCUT2D eigenvalue weighted by molar-refractivity contribution is 5.95. The summed E-state index contributed by atoms with van der Waals surface area (Å²) in [6, 6.07) is 8.04. The molecular formula is C29H41N5O3. The van der Waals surface area contributed by atoms with Crippen molar-refractivity contribution in [2.75, 3.05) is 49.2 Å². The van der Waals surface area contributed by atoms with Crippen molar-refractivity contribution in [1.29, 1.82) is 0 Å². The molecule has 0 unspecified atom stereocenters. The van der Waals surface area contributed by atoms with Crippen LogP contribution in [0.2, 0.25) is 0 Å². The Morgan fingerprint density at radius 1 is 0.892 bits per heavy atom. The number of nitrogens with zero attached hydrogens (tertiary/aromatic N) is 5. The molecule has 1 saturated heterocycles. The van der Waals surface area contributed by atoms with Gasteiger partial charge in [-0.15, -0.1) is 0 Å². The van der Waals surface area contributed by atoms with Crippen LogP contribution < -0.4 is 9.80 Å². The number of carbonyl (C=O) groups excluding carboxylic acids is 2. The minimum atomic E-state index is -0.0711. The van der Waals surface area contributed by atoms with Gasteiger partial charge in [0.05, 0.1) is 18.8 Å². The summed E-state index contributed by atoms with van der Waals surface area (Å²) in [5.74, 6) is 1.01. The van der Waals surface area contributed by atoms with Crippen molar-refractivity contribution < 1.29 is 14.3 Å². The Kier molecular flexibility index (Phi) is 9.88. The highest BCUT2D eigenvalue weighted by atomic mass is 16.5. The lowest BCUT2D eigenvalue weighted by atomic mass is 10.1. The van der Waals surface area contributed by atoms with Crippen LogP contribution in [0.4, 0.5) is 11.6 Å². The fraction of sp³-hybridized carbons (Fsp3) is 0.586. The van der Waals surface area contributed by atoms with Crippen LogP contribution in [0.15, 0.2) is 36.7 Å². The fourth-order valence-corrected chi connectivity index (χ4v) is 5.03. The zero-order valence-corrected chi connectivity index (χ0v) is 22.4. The molecule has 0 N–H and O–H groups in total. The van der Waals surface area contributed by atoms with Gasteiger partial charge >= 0.3 is 0 Å². The second-order valence-electron chi connectivity index (χ2n) is 10.5. The summed E-state index contributed by atoms with van der Waals surface area (Å²) in [6.45, 7) is 8.82. The fourth-order valence-electron chi connectivity index (χ4n) is 5.03. The summed E-state index contributed by atoms with van der Waals surface area (Å²) in [4.78, 5) is 41.9. The Hall–Kier alpha value is -3.00. The van der Waals surface area contributed by atoms with Crippen LogP contribution in [0.3, 0.4) is 0 Å². The first-order valence-electron chi connectivity index (χ1n) is 13.8. The molecule has 0 radical (unpaired) electrons. The summed E-state index contributed by atoms with van der Waals surface area (Å²) in [7, 11) is 0. The first-order chi connectivity index (χ1) is 18.0. The van der Waals surface area contributed by atoms with E-state index >= 15 is 0 Å². The number of carbonyl (C=O) groups is 2. The highest BCUT2D eigenvalue weighted by Gasteiger charge is 2.24. The molecule has 3 heterocycles. The predicted octanol–water partition coefficient (Wildman–Crippen LogP) is 4.69. The van der Waals surface area contributed by atoms with Gasteiger partial charge in [0.25, 0.3) is 5.91 Å². The maximum absolute atomic E-state index is 13.7. The smallest absolute Gasteiger partial charge is 0.257 e. The van der Waals surface area contributed by atoms with Crippen molar-refractivity contribution >= 4 is 23.5 Å². The van der Waals surface area contributed by atoms with Gasteiger partial charge in [-0.1, -0.05) is 57.7 Å². The van der Waals surface area contributed by atoms with Crippen molar-refractivity contribution in [3.8, 4) is 0 Å². The van der Waals surface area contributed by atoms with Crippen LogP contribution in [-0.2, 0) is 16.1 Å². The average molecular weight is 508 g/mol. The Labute approximate surface area is 221 Å². The molecule has 37 heavy (non-hydrogen) atoms. The number of hydrogen-bond donors (Lipinski definition) is 0. The molecule has 0 atom stereocenters. The quantitative estimate of drug-likeness (QED) is 0.598. The largest absolute Gasteiger partial charge is 0.378 e. The highest BCUT2D eigenvalue weighted by Crippen LogP contribution is 2.26. The summed E-state index contributed by atoms with van der Waals surface area (Å²) >= 11 is 0. The van der Waals surface area contributed by atoms with Gasteiger partial charge in [0.1, 0.15) is 0 Å². The standard InChI is InChI=1S/C29H41N5O3/c1-23(2)19-27(35)34-14-10-6-4-3-5-9-13-33(22-24-11-7-8-12-26(24)34)28(36)25-20-30-29(31-21-25)32-15-17-37-18-16-32/h7-8,11-12,20-21,23H,3-6,9-10,13-19,22H2,1-2H3. The summed E-state index contributed by atoms with van der Waals surface area (Å²) in [6.07, 6.45) is 10.3. The zero-order valence-electron chi connectivity index (χ0n) is 22.4. The predicted molar refractivity (Wildman–Crippen MR) is 146 cm³/mol. The van der Waals surface area contributed by atoms with Gasteiger partial charge in [-0.3, -0.25) is 9.59 Å². The van der Waals surface area contributed by atoms with E-state index in [0.29, 0.717) is 56.7 Å². The minimum absolute atomic E-state index is 0.0711. The van der Waals surface area contributed by atoms with Gasteiger partial charge in [0.2, 0.25) is 11.9 Å². The lowest BCUT2D eigenvalue weighted by Gasteiger charge is -2.29. The van der Waals surface area contributed by atoms with Gasteiger partial charge in [0.15, 0.2) is 0 Å². The van der Waals surface area contributed by atoms with E-state index in [1.165, 1.54) is 0 Å². The number of rotatable bonds is 4. The molecule has 1 fully saturated rings. The third kappa shape index (κ3) is 7.51. The first kappa shape index (κ1) is 27.0. The van der Waals surface area contributed by atoms with E-state index in [1.807, 2.05) is 34.1 Å². The third-order valence-electron chi connectivity index (χ3n) is 7.05. The molecule has 0 saturated carbocycles. The Balaban J connectivity index is 1.58. The summed E-state index contributed by atoms with van der Waals surface area (Å²) in [5, 5.41) is 0. The summed E-state index contributed by atoms with van der Waals surface area (Å²) in [5.41, 5.74) is 2.41. The number of para-hydroxylation sites is 1. The van der Waals surface area contributed by atoms with Crippen LogP contribution in [0.1, 0.15) is 74.7 Å². The maximum Gasteiger partial charge on any atom is 0.257 e. The number of hydrogen-bond acceptors (Lipinski definition) is 6. The lowest BCUT2D eigenvalue weighted by molar-refractivity contribution is -0.119. The number of ether oxygens (including phenoxy) is 1. The van der Waals surface area contributed by atoms with E-state index in [-0.39, 0.29) is 11.8 Å². The number of morpholine rings is 1. The molecule has 2 aromatic rings. The molecule has 8 heteroatoms. The van der Waals surface area contributed by atoms with Crippen molar-refractivity contribution in [1.82, 2.24) is 14.9 Å². The number of benzene rings is 1. The number of fused-ring (bicyclic) bond motifs is 1. The van der Waals surface area contributed by atoms with Crippen molar-refractivity contribution in [3.05, 3.63) is 47.8 Å². The van der Waals surface area contributed by atoms with Crippen molar-refractivity contribution in [2.24, 2.45) is 5.92 Å². The van der Waals surface area contributed by atoms with Crippen LogP contribution in [0, 0.1) is 5.92 Å². The molecule has 1 aromatic heterocycles. The summed E-state index contributed by atoms with van der Waals surface area (Å²) < 4.78 is 5.42. The van der Waals surface area contributed by atoms with Gasteiger partial charge in [-0.05, 0) is 30.4 Å². The molecule has 0 spiro atoms. The maximum atomic E-state index is 13.7. The van der Waals surface area contributed by atoms with Gasteiger partial charge in [-0.2, -0.15) is 0 Å². The normalized spacial score (nSPS) is 18.0. The monoisotopic (exact) mass is 507 g/mol. The lowest BCUT2D eigenvalue weighted by Crippen LogP contribution is -2.37. The van der Waals surface area contributed by atoms with Crippen molar-refractivity contribution in [2.45, 2.75) is 65.3 Å². The van der Waals surface area contributed by atoms with E-state index in [1.54, 1.807) is 12.4 Å². The van der Waals surface area contributed by atoms with Crippen LogP contribution in [0.25, 0.3) is 0 Å². The number of amides is 2. The molecular weight excluding hydrogens is 466 g/mol. The average Bonchev–Trinajstić information content (AvgIpc) is 2.93. The number of aromatic nitrogens is 2. The molecule has 2 amide bonds. The second-order valence-corrected chi connectivity index (χ2v) is 10.5. The molecule has 8 nitrogen and oxygen atoms in total. The Morgan fingerprint density at radius 2 is 1.54 bits per heavy atom. The molecule has 0 aliphatic carbocycles. The Morgan fingerprint density at radius 3 is 2.24 bits per heavy atom. The zero-order chi connectivity index (χ0) is 26.0. The van der Waals surface area contributed by atoms with E-state index in [2.05, 4.69) is 28.7 Å². The molecule has 0 bridgehead atoms. The van der Waals surface area contributed by atoms with E-state index < -0.39 is 0 Å². The SMILES string of the molecule is CC(C)CC(=O)N1CCCCCCCCN(C(=O)c2cnc(N3CCOCC3)nc2)Cc2ccccc21. The number of anilines is 2. The van der Waals surface area contributed by atoms with Gasteiger partial charge in [-0.25, -0.2) is 9.97 Å². The molecule has 200 valence electrons. The third-order valence-corrected chi connectivity index (χ3v) is 7.05. The van der Waals surface area contributed by atoms with Crippen molar-refractivity contribution in [3.63, 3.8) is 0 Å². The van der Waals surface area contributed by atoms with Crippen LogP contribution in [0.5, 0.6) is 0 Å². The second kappa shape index (κ2) is 13.5. The van der Waals surface area contributed by atoms with E-state index in [0.717, 1.165) is 62.9 Å². The van der Waals surface area contributed by atoms with E-state index in [9.17, 15) is 9.59 Å².